The number of benzene rings is 2. The molecule has 2 aromatic carbocycles. The van der Waals surface area contributed by atoms with E-state index in [-0.39, 0.29) is 11.1 Å². The molecule has 0 unspecified atom stereocenters. The minimum atomic E-state index is -4.70. The normalized spacial score (nSPS) is 11.8. The number of carbonyl (C=O) groups is 2. The van der Waals surface area contributed by atoms with Crippen LogP contribution in [0.5, 0.6) is 0 Å². The summed E-state index contributed by atoms with van der Waals surface area (Å²) in [5.74, 6) is -2.35. The molecular weight excluding hydrogens is 502 g/mol. The second-order valence-corrected chi connectivity index (χ2v) is 7.84. The minimum Gasteiger partial charge on any atom is -0.368 e. The van der Waals surface area contributed by atoms with Crippen LogP contribution in [-0.4, -0.2) is 32.3 Å². The van der Waals surface area contributed by atoms with E-state index in [0.29, 0.717) is 0 Å². The van der Waals surface area contributed by atoms with Crippen molar-refractivity contribution in [2.24, 2.45) is 0 Å². The molecule has 0 radical (unpaired) electrons. The summed E-state index contributed by atoms with van der Waals surface area (Å²) in [7, 11) is 0. The van der Waals surface area contributed by atoms with E-state index in [9.17, 15) is 35.9 Å². The van der Waals surface area contributed by atoms with Gasteiger partial charge in [0.2, 0.25) is 17.8 Å². The minimum absolute atomic E-state index is 0.0407. The van der Waals surface area contributed by atoms with E-state index in [0.717, 1.165) is 40.6 Å². The maximum atomic E-state index is 13.1. The highest BCUT2D eigenvalue weighted by Gasteiger charge is 2.34. The lowest BCUT2D eigenvalue weighted by molar-refractivity contribution is -0.137. The molecule has 0 aliphatic rings. The van der Waals surface area contributed by atoms with Gasteiger partial charge in [-0.15, -0.1) is 10.2 Å². The average molecular weight is 518 g/mol. The second-order valence-electron chi connectivity index (χ2n) is 6.90. The smallest absolute Gasteiger partial charge is 0.368 e. The topological polar surface area (TPSA) is 115 Å². The fourth-order valence-corrected chi connectivity index (χ4v) is 3.63. The second kappa shape index (κ2) is 10.2. The molecular formula is C20H16F6N6O2S. The van der Waals surface area contributed by atoms with Gasteiger partial charge >= 0.3 is 12.4 Å². The summed E-state index contributed by atoms with van der Waals surface area (Å²) in [5.41, 5.74) is 2.70. The number of amides is 2. The van der Waals surface area contributed by atoms with Crippen LogP contribution in [0.1, 0.15) is 11.1 Å². The molecule has 3 rings (SSSR count). The highest BCUT2D eigenvalue weighted by Crippen LogP contribution is 2.35. The number of hydrogen-bond donors (Lipinski definition) is 3. The van der Waals surface area contributed by atoms with Crippen molar-refractivity contribution in [2.45, 2.75) is 24.1 Å². The Hall–Kier alpha value is -3.75. The molecule has 0 atom stereocenters. The van der Waals surface area contributed by atoms with E-state index in [4.69, 9.17) is 5.73 Å². The standard InChI is InChI=1S/C20H16F6N6O2S/c21-19(22,23)11-5-1-3-7-13(11)28-15(33)9-32-17(27)30-31-18(32)35-10-16(34)29-14-8-4-2-6-12(14)20(24,25)26/h1-8H,9-10H2,(H2,27,30)(H,28,33)(H,29,34). The molecule has 0 aliphatic heterocycles. The first kappa shape index (κ1) is 25.9. The number of nitrogen functional groups attached to an aromatic ring is 1. The fourth-order valence-electron chi connectivity index (χ4n) is 2.88. The SMILES string of the molecule is Nc1nnc(SCC(=O)Nc2ccccc2C(F)(F)F)n1CC(=O)Nc1ccccc1C(F)(F)F. The number of nitrogens with zero attached hydrogens (tertiary/aromatic N) is 3. The van der Waals surface area contributed by atoms with Crippen molar-refractivity contribution in [3.63, 3.8) is 0 Å². The van der Waals surface area contributed by atoms with Crippen molar-refractivity contribution < 1.29 is 35.9 Å². The van der Waals surface area contributed by atoms with Gasteiger partial charge < -0.3 is 16.4 Å². The number of aromatic nitrogens is 3. The van der Waals surface area contributed by atoms with Crippen molar-refractivity contribution in [1.82, 2.24) is 14.8 Å². The van der Waals surface area contributed by atoms with Crippen LogP contribution >= 0.6 is 11.8 Å². The van der Waals surface area contributed by atoms with Crippen LogP contribution in [0.15, 0.2) is 53.7 Å². The largest absolute Gasteiger partial charge is 0.418 e. The van der Waals surface area contributed by atoms with E-state index >= 15 is 0 Å². The Morgan fingerprint density at radius 3 is 1.83 bits per heavy atom. The van der Waals surface area contributed by atoms with Crippen LogP contribution in [0.2, 0.25) is 0 Å². The summed E-state index contributed by atoms with van der Waals surface area (Å²) in [4.78, 5) is 24.6. The predicted octanol–water partition coefficient (Wildman–Crippen LogP) is 4.27. The van der Waals surface area contributed by atoms with Gasteiger partial charge in [-0.1, -0.05) is 36.0 Å². The van der Waals surface area contributed by atoms with Gasteiger partial charge in [-0.3, -0.25) is 14.2 Å². The Morgan fingerprint density at radius 2 is 1.31 bits per heavy atom. The number of rotatable bonds is 7. The number of nitrogens with one attached hydrogen (secondary N) is 2. The van der Waals surface area contributed by atoms with Gasteiger partial charge in [0.25, 0.3) is 0 Å². The van der Waals surface area contributed by atoms with Crippen LogP contribution in [0.25, 0.3) is 0 Å². The predicted molar refractivity (Wildman–Crippen MR) is 115 cm³/mol. The Morgan fingerprint density at radius 1 is 0.829 bits per heavy atom. The van der Waals surface area contributed by atoms with Gasteiger partial charge in [0.1, 0.15) is 6.54 Å². The molecule has 0 saturated carbocycles. The van der Waals surface area contributed by atoms with Crippen molar-refractivity contribution in [2.75, 3.05) is 22.1 Å². The van der Waals surface area contributed by atoms with Crippen molar-refractivity contribution in [3.8, 4) is 0 Å². The summed E-state index contributed by atoms with van der Waals surface area (Å²) in [6.45, 7) is -0.577. The molecule has 4 N–H and O–H groups in total. The molecule has 2 amide bonds. The summed E-state index contributed by atoms with van der Waals surface area (Å²) >= 11 is 0.720. The molecule has 0 bridgehead atoms. The van der Waals surface area contributed by atoms with Crippen LogP contribution in [0, 0.1) is 0 Å². The van der Waals surface area contributed by atoms with E-state index in [1.807, 2.05) is 0 Å². The molecule has 0 spiro atoms. The van der Waals surface area contributed by atoms with Crippen LogP contribution in [0.3, 0.4) is 0 Å². The maximum absolute atomic E-state index is 13.1. The summed E-state index contributed by atoms with van der Waals surface area (Å²) in [5, 5.41) is 11.5. The molecule has 15 heteroatoms. The van der Waals surface area contributed by atoms with Gasteiger partial charge in [-0.05, 0) is 24.3 Å². The van der Waals surface area contributed by atoms with Gasteiger partial charge in [0.05, 0.1) is 28.3 Å². The van der Waals surface area contributed by atoms with Crippen molar-refractivity contribution >= 4 is 40.9 Å². The number of hydrogen-bond acceptors (Lipinski definition) is 6. The van der Waals surface area contributed by atoms with Crippen molar-refractivity contribution in [3.05, 3.63) is 59.7 Å². The van der Waals surface area contributed by atoms with E-state index in [1.165, 1.54) is 24.3 Å². The van der Waals surface area contributed by atoms with Gasteiger partial charge in [0, 0.05) is 0 Å². The van der Waals surface area contributed by atoms with Crippen molar-refractivity contribution in [1.29, 1.82) is 0 Å². The van der Waals surface area contributed by atoms with Crippen LogP contribution < -0.4 is 16.4 Å². The quantitative estimate of drug-likeness (QED) is 0.318. The van der Waals surface area contributed by atoms with E-state index < -0.39 is 59.0 Å². The fraction of sp³-hybridized carbons (Fsp3) is 0.200. The molecule has 0 aliphatic carbocycles. The number of nitrogens with two attached hydrogens (primary N) is 1. The third-order valence-electron chi connectivity index (χ3n) is 4.39. The highest BCUT2D eigenvalue weighted by molar-refractivity contribution is 7.99. The number of alkyl halides is 6. The number of para-hydroxylation sites is 2. The third-order valence-corrected chi connectivity index (χ3v) is 5.36. The van der Waals surface area contributed by atoms with Crippen LogP contribution in [-0.2, 0) is 28.5 Å². The highest BCUT2D eigenvalue weighted by atomic mass is 32.2. The van der Waals surface area contributed by atoms with Crippen LogP contribution in [0.4, 0.5) is 43.7 Å². The Labute approximate surface area is 197 Å². The average Bonchev–Trinajstić information content (AvgIpc) is 3.10. The molecule has 186 valence electrons. The summed E-state index contributed by atoms with van der Waals surface area (Å²) < 4.78 is 79.7. The molecule has 0 fully saturated rings. The lowest BCUT2D eigenvalue weighted by atomic mass is 10.1. The zero-order valence-corrected chi connectivity index (χ0v) is 18.3. The number of thioether (sulfide) groups is 1. The molecule has 0 saturated heterocycles. The van der Waals surface area contributed by atoms with E-state index in [1.54, 1.807) is 0 Å². The molecule has 8 nitrogen and oxygen atoms in total. The number of carbonyl (C=O) groups excluding carboxylic acids is 2. The zero-order chi connectivity index (χ0) is 25.8. The Kier molecular flexibility index (Phi) is 7.57. The first-order chi connectivity index (χ1) is 16.4. The Balaban J connectivity index is 1.66. The maximum Gasteiger partial charge on any atom is 0.418 e. The monoisotopic (exact) mass is 518 g/mol. The number of anilines is 3. The molecule has 35 heavy (non-hydrogen) atoms. The first-order valence-corrected chi connectivity index (χ1v) is 10.6. The molecule has 3 aromatic rings. The first-order valence-electron chi connectivity index (χ1n) is 9.60. The summed E-state index contributed by atoms with van der Waals surface area (Å²) in [6, 6.07) is 8.78. The number of halogens is 6. The van der Waals surface area contributed by atoms with E-state index in [2.05, 4.69) is 20.8 Å². The van der Waals surface area contributed by atoms with Gasteiger partial charge in [0.15, 0.2) is 5.16 Å². The lowest BCUT2D eigenvalue weighted by Gasteiger charge is -2.14. The lowest BCUT2D eigenvalue weighted by Crippen LogP contribution is -2.23. The molecule has 1 aromatic heterocycles. The third kappa shape index (κ3) is 6.65. The molecule has 1 heterocycles. The zero-order valence-electron chi connectivity index (χ0n) is 17.4. The summed E-state index contributed by atoms with van der Waals surface area (Å²) in [6.07, 6.45) is -9.37. The van der Waals surface area contributed by atoms with Gasteiger partial charge in [-0.2, -0.15) is 26.3 Å². The van der Waals surface area contributed by atoms with Gasteiger partial charge in [-0.25, -0.2) is 0 Å². The Bertz CT molecular complexity index is 1230.